The number of fused-ring (bicyclic) bond motifs is 1. The third kappa shape index (κ3) is 1.86. The van der Waals surface area contributed by atoms with Crippen molar-refractivity contribution in [2.45, 2.75) is 20.0 Å². The third-order valence-electron chi connectivity index (χ3n) is 3.01. The molecule has 0 radical (unpaired) electrons. The Labute approximate surface area is 104 Å². The van der Waals surface area contributed by atoms with Crippen molar-refractivity contribution in [3.8, 4) is 5.75 Å². The summed E-state index contributed by atoms with van der Waals surface area (Å²) in [6.45, 7) is 4.78. The van der Waals surface area contributed by atoms with Gasteiger partial charge in [-0.3, -0.25) is 4.79 Å². The Balaban J connectivity index is 2.04. The van der Waals surface area contributed by atoms with Crippen molar-refractivity contribution >= 4 is 16.8 Å². The minimum Gasteiger partial charge on any atom is -0.490 e. The average molecular weight is 246 g/mol. The SMILES string of the molecule is CC(=O)n1ncc2c(OCC3CO3)c(C)ccc21. The summed E-state index contributed by atoms with van der Waals surface area (Å²) in [5.41, 5.74) is 1.81. The van der Waals surface area contributed by atoms with Crippen LogP contribution < -0.4 is 4.74 Å². The monoisotopic (exact) mass is 246 g/mol. The molecule has 1 aliphatic heterocycles. The Hall–Kier alpha value is -1.88. The minimum absolute atomic E-state index is 0.106. The van der Waals surface area contributed by atoms with Crippen molar-refractivity contribution in [1.29, 1.82) is 0 Å². The molecule has 0 amide bonds. The van der Waals surface area contributed by atoms with Gasteiger partial charge >= 0.3 is 0 Å². The molecule has 5 nitrogen and oxygen atoms in total. The van der Waals surface area contributed by atoms with Gasteiger partial charge in [-0.1, -0.05) is 6.07 Å². The highest BCUT2D eigenvalue weighted by Crippen LogP contribution is 2.30. The van der Waals surface area contributed by atoms with Crippen molar-refractivity contribution in [2.75, 3.05) is 13.2 Å². The molecular formula is C13H14N2O3. The smallest absolute Gasteiger partial charge is 0.244 e. The van der Waals surface area contributed by atoms with Crippen molar-refractivity contribution in [2.24, 2.45) is 0 Å². The first-order chi connectivity index (χ1) is 8.66. The highest BCUT2D eigenvalue weighted by molar-refractivity contribution is 5.93. The first-order valence-electron chi connectivity index (χ1n) is 5.89. The van der Waals surface area contributed by atoms with E-state index in [4.69, 9.17) is 9.47 Å². The van der Waals surface area contributed by atoms with Crippen LogP contribution in [-0.4, -0.2) is 35.0 Å². The second kappa shape index (κ2) is 4.10. The molecule has 1 atom stereocenters. The summed E-state index contributed by atoms with van der Waals surface area (Å²) >= 11 is 0. The number of epoxide rings is 1. The Bertz CT molecular complexity index is 614. The predicted molar refractivity (Wildman–Crippen MR) is 66.0 cm³/mol. The van der Waals surface area contributed by atoms with Gasteiger partial charge in [-0.05, 0) is 18.6 Å². The van der Waals surface area contributed by atoms with Crippen LogP contribution in [0.5, 0.6) is 5.75 Å². The molecule has 1 fully saturated rings. The quantitative estimate of drug-likeness (QED) is 0.775. The Kier molecular flexibility index (Phi) is 2.56. The van der Waals surface area contributed by atoms with Gasteiger partial charge in [-0.2, -0.15) is 5.10 Å². The van der Waals surface area contributed by atoms with E-state index in [1.165, 1.54) is 11.6 Å². The van der Waals surface area contributed by atoms with Gasteiger partial charge < -0.3 is 9.47 Å². The van der Waals surface area contributed by atoms with E-state index in [0.29, 0.717) is 6.61 Å². The molecule has 0 bridgehead atoms. The summed E-state index contributed by atoms with van der Waals surface area (Å²) in [7, 11) is 0. The Morgan fingerprint density at radius 3 is 3.06 bits per heavy atom. The molecule has 2 heterocycles. The predicted octanol–water partition coefficient (Wildman–Crippen LogP) is 1.78. The van der Waals surface area contributed by atoms with Gasteiger partial charge in [0.15, 0.2) is 0 Å². The van der Waals surface area contributed by atoms with Crippen LogP contribution in [0.15, 0.2) is 18.3 Å². The molecule has 0 saturated carbocycles. The lowest BCUT2D eigenvalue weighted by atomic mass is 10.1. The van der Waals surface area contributed by atoms with Crippen LogP contribution in [0.1, 0.15) is 17.3 Å². The molecule has 1 aliphatic rings. The van der Waals surface area contributed by atoms with Gasteiger partial charge in [0.05, 0.1) is 23.7 Å². The zero-order chi connectivity index (χ0) is 12.7. The number of aromatic nitrogens is 2. The highest BCUT2D eigenvalue weighted by Gasteiger charge is 2.24. The second-order valence-electron chi connectivity index (χ2n) is 4.49. The molecule has 1 unspecified atom stereocenters. The molecule has 94 valence electrons. The van der Waals surface area contributed by atoms with Crippen LogP contribution in [0, 0.1) is 6.92 Å². The highest BCUT2D eigenvalue weighted by atomic mass is 16.6. The van der Waals surface area contributed by atoms with E-state index in [-0.39, 0.29) is 12.0 Å². The van der Waals surface area contributed by atoms with Gasteiger partial charge in [0.2, 0.25) is 5.91 Å². The summed E-state index contributed by atoms with van der Waals surface area (Å²) in [5.74, 6) is 0.681. The fraction of sp³-hybridized carbons (Fsp3) is 0.385. The number of ether oxygens (including phenoxy) is 2. The zero-order valence-electron chi connectivity index (χ0n) is 10.3. The van der Waals surface area contributed by atoms with E-state index in [9.17, 15) is 4.79 Å². The van der Waals surface area contributed by atoms with E-state index in [1.54, 1.807) is 6.20 Å². The molecule has 0 N–H and O–H groups in total. The Morgan fingerprint density at radius 2 is 2.39 bits per heavy atom. The number of benzene rings is 1. The fourth-order valence-corrected chi connectivity index (χ4v) is 1.97. The first kappa shape index (κ1) is 11.2. The lowest BCUT2D eigenvalue weighted by Gasteiger charge is -2.09. The summed E-state index contributed by atoms with van der Waals surface area (Å²) in [4.78, 5) is 11.4. The molecule has 5 heteroatoms. The maximum Gasteiger partial charge on any atom is 0.244 e. The zero-order valence-corrected chi connectivity index (χ0v) is 10.3. The van der Waals surface area contributed by atoms with Crippen LogP contribution in [0.25, 0.3) is 10.9 Å². The second-order valence-corrected chi connectivity index (χ2v) is 4.49. The van der Waals surface area contributed by atoms with E-state index < -0.39 is 0 Å². The van der Waals surface area contributed by atoms with Crippen LogP contribution >= 0.6 is 0 Å². The standard InChI is InChI=1S/C13H14N2O3/c1-8-3-4-12-11(5-14-15(12)9(2)16)13(8)18-7-10-6-17-10/h3-5,10H,6-7H2,1-2H3. The average Bonchev–Trinajstić information content (AvgIpc) is 3.05. The van der Waals surface area contributed by atoms with Crippen LogP contribution in [0.3, 0.4) is 0 Å². The molecule has 1 aromatic heterocycles. The topological polar surface area (TPSA) is 56.7 Å². The molecule has 2 aromatic rings. The summed E-state index contributed by atoms with van der Waals surface area (Å²) in [6.07, 6.45) is 1.88. The molecular weight excluding hydrogens is 232 g/mol. The number of hydrogen-bond acceptors (Lipinski definition) is 4. The van der Waals surface area contributed by atoms with E-state index in [2.05, 4.69) is 5.10 Å². The van der Waals surface area contributed by atoms with E-state index in [1.807, 2.05) is 19.1 Å². The lowest BCUT2D eigenvalue weighted by molar-refractivity contribution is 0.0927. The van der Waals surface area contributed by atoms with Crippen LogP contribution in [0.2, 0.25) is 0 Å². The molecule has 0 spiro atoms. The lowest BCUT2D eigenvalue weighted by Crippen LogP contribution is -2.07. The number of nitrogens with zero attached hydrogens (tertiary/aromatic N) is 2. The van der Waals surface area contributed by atoms with Crippen LogP contribution in [-0.2, 0) is 4.74 Å². The molecule has 1 saturated heterocycles. The molecule has 0 aliphatic carbocycles. The van der Waals surface area contributed by atoms with Gasteiger partial charge in [0.25, 0.3) is 0 Å². The van der Waals surface area contributed by atoms with E-state index in [0.717, 1.165) is 28.8 Å². The summed E-state index contributed by atoms with van der Waals surface area (Å²) in [5, 5.41) is 4.96. The van der Waals surface area contributed by atoms with Gasteiger partial charge in [-0.15, -0.1) is 0 Å². The maximum absolute atomic E-state index is 11.4. The number of rotatable bonds is 3. The van der Waals surface area contributed by atoms with Gasteiger partial charge in [0, 0.05) is 6.92 Å². The molecule has 1 aromatic carbocycles. The third-order valence-corrected chi connectivity index (χ3v) is 3.01. The minimum atomic E-state index is -0.106. The summed E-state index contributed by atoms with van der Waals surface area (Å²) < 4.78 is 12.3. The van der Waals surface area contributed by atoms with Crippen molar-refractivity contribution in [3.05, 3.63) is 23.9 Å². The van der Waals surface area contributed by atoms with Gasteiger partial charge in [0.1, 0.15) is 18.5 Å². The first-order valence-corrected chi connectivity index (χ1v) is 5.89. The molecule has 3 rings (SSSR count). The normalized spacial score (nSPS) is 18.0. The molecule has 18 heavy (non-hydrogen) atoms. The maximum atomic E-state index is 11.4. The van der Waals surface area contributed by atoms with Gasteiger partial charge in [-0.25, -0.2) is 4.68 Å². The number of carbonyl (C=O) groups excluding carboxylic acids is 1. The number of aryl methyl sites for hydroxylation is 1. The van der Waals surface area contributed by atoms with Crippen LogP contribution in [0.4, 0.5) is 0 Å². The van der Waals surface area contributed by atoms with E-state index >= 15 is 0 Å². The Morgan fingerprint density at radius 1 is 1.61 bits per heavy atom. The largest absolute Gasteiger partial charge is 0.490 e. The van der Waals surface area contributed by atoms with Crippen molar-refractivity contribution in [1.82, 2.24) is 9.78 Å². The number of carbonyl (C=O) groups is 1. The number of hydrogen-bond donors (Lipinski definition) is 0. The summed E-state index contributed by atoms with van der Waals surface area (Å²) in [6, 6.07) is 3.83. The fourth-order valence-electron chi connectivity index (χ4n) is 1.97. The van der Waals surface area contributed by atoms with Crippen molar-refractivity contribution < 1.29 is 14.3 Å². The van der Waals surface area contributed by atoms with Crippen molar-refractivity contribution in [3.63, 3.8) is 0 Å².